The quantitative estimate of drug-likeness (QED) is 0.605. The maximum atomic E-state index is 12.9. The van der Waals surface area contributed by atoms with Crippen LogP contribution in [0.1, 0.15) is 33.3 Å². The number of para-hydroxylation sites is 1. The number of esters is 1. The molecule has 0 bridgehead atoms. The minimum atomic E-state index is -3.12. The average Bonchev–Trinajstić information content (AvgIpc) is 3.46. The SMILES string of the molecule is COC(=O)c1ccccc1NC(=O)c1cc(-c2cccs2)n(C2CCS(=O)(=O)C2)n1. The monoisotopic (exact) mass is 445 g/mol. The number of nitrogens with zero attached hydrogens (tertiary/aromatic N) is 2. The van der Waals surface area contributed by atoms with Gasteiger partial charge in [0, 0.05) is 0 Å². The first-order valence-electron chi connectivity index (χ1n) is 9.20. The zero-order valence-electron chi connectivity index (χ0n) is 16.1. The number of hydrogen-bond acceptors (Lipinski definition) is 7. The maximum absolute atomic E-state index is 12.9. The molecule has 1 aromatic carbocycles. The topological polar surface area (TPSA) is 107 Å². The summed E-state index contributed by atoms with van der Waals surface area (Å²) in [6.45, 7) is 0. The van der Waals surface area contributed by atoms with Crippen molar-refractivity contribution >= 4 is 38.7 Å². The highest BCUT2D eigenvalue weighted by atomic mass is 32.2. The van der Waals surface area contributed by atoms with Crippen LogP contribution >= 0.6 is 11.3 Å². The Morgan fingerprint density at radius 2 is 2.03 bits per heavy atom. The van der Waals surface area contributed by atoms with Gasteiger partial charge < -0.3 is 10.1 Å². The third-order valence-electron chi connectivity index (χ3n) is 4.88. The van der Waals surface area contributed by atoms with Crippen molar-refractivity contribution in [2.24, 2.45) is 0 Å². The Kier molecular flexibility index (Phi) is 5.44. The van der Waals surface area contributed by atoms with Crippen LogP contribution in [0.5, 0.6) is 0 Å². The molecule has 1 N–H and O–H groups in total. The van der Waals surface area contributed by atoms with Crippen molar-refractivity contribution in [3.8, 4) is 10.6 Å². The number of benzene rings is 1. The van der Waals surface area contributed by atoms with Gasteiger partial charge in [0.15, 0.2) is 15.5 Å². The Balaban J connectivity index is 1.68. The van der Waals surface area contributed by atoms with Crippen molar-refractivity contribution < 1.29 is 22.7 Å². The number of sulfone groups is 1. The van der Waals surface area contributed by atoms with Crippen molar-refractivity contribution in [1.82, 2.24) is 9.78 Å². The number of nitrogens with one attached hydrogen (secondary N) is 1. The number of thiophene rings is 1. The Labute approximate surface area is 177 Å². The Morgan fingerprint density at radius 3 is 2.70 bits per heavy atom. The predicted molar refractivity (Wildman–Crippen MR) is 114 cm³/mol. The van der Waals surface area contributed by atoms with Crippen LogP contribution in [-0.4, -0.2) is 48.7 Å². The Hall–Kier alpha value is -2.98. The van der Waals surface area contributed by atoms with Crippen LogP contribution in [-0.2, 0) is 14.6 Å². The van der Waals surface area contributed by atoms with Crippen molar-refractivity contribution in [1.29, 1.82) is 0 Å². The normalized spacial score (nSPS) is 17.6. The van der Waals surface area contributed by atoms with Crippen LogP contribution in [0.15, 0.2) is 47.8 Å². The van der Waals surface area contributed by atoms with Gasteiger partial charge in [-0.2, -0.15) is 5.10 Å². The van der Waals surface area contributed by atoms with E-state index in [-0.39, 0.29) is 28.8 Å². The fourth-order valence-electron chi connectivity index (χ4n) is 3.43. The van der Waals surface area contributed by atoms with E-state index >= 15 is 0 Å². The van der Waals surface area contributed by atoms with E-state index < -0.39 is 21.7 Å². The van der Waals surface area contributed by atoms with Gasteiger partial charge in [0.1, 0.15) is 0 Å². The molecule has 0 radical (unpaired) electrons. The number of carbonyl (C=O) groups excluding carboxylic acids is 2. The first-order valence-corrected chi connectivity index (χ1v) is 11.9. The minimum Gasteiger partial charge on any atom is -0.465 e. The van der Waals surface area contributed by atoms with Gasteiger partial charge in [0.05, 0.1) is 46.5 Å². The van der Waals surface area contributed by atoms with Gasteiger partial charge >= 0.3 is 5.97 Å². The fraction of sp³-hybridized carbons (Fsp3) is 0.250. The standard InChI is InChI=1S/C20H19N3O5S2/c1-28-20(25)14-5-2-3-6-15(14)21-19(24)16-11-17(18-7-4-9-29-18)23(22-16)13-8-10-30(26,27)12-13/h2-7,9,11,13H,8,10,12H2,1H3,(H,21,24). The molecule has 1 amide bonds. The lowest BCUT2D eigenvalue weighted by molar-refractivity contribution is 0.0602. The summed E-state index contributed by atoms with van der Waals surface area (Å²) in [6.07, 6.45) is 0.453. The zero-order valence-corrected chi connectivity index (χ0v) is 17.7. The van der Waals surface area contributed by atoms with E-state index in [2.05, 4.69) is 10.4 Å². The summed E-state index contributed by atoms with van der Waals surface area (Å²) in [7, 11) is -1.85. The number of methoxy groups -OCH3 is 1. The molecule has 1 fully saturated rings. The molecule has 2 aromatic heterocycles. The molecule has 30 heavy (non-hydrogen) atoms. The molecule has 156 valence electrons. The molecule has 10 heteroatoms. The van der Waals surface area contributed by atoms with Crippen molar-refractivity contribution in [2.45, 2.75) is 12.5 Å². The smallest absolute Gasteiger partial charge is 0.339 e. The molecule has 0 saturated carbocycles. The van der Waals surface area contributed by atoms with Gasteiger partial charge in [-0.3, -0.25) is 9.48 Å². The van der Waals surface area contributed by atoms with E-state index in [4.69, 9.17) is 4.74 Å². The predicted octanol–water partition coefficient (Wildman–Crippen LogP) is 3.01. The summed E-state index contributed by atoms with van der Waals surface area (Å²) in [5.41, 5.74) is 1.37. The van der Waals surface area contributed by atoms with Crippen LogP contribution in [0, 0.1) is 0 Å². The molecule has 3 aromatic rings. The van der Waals surface area contributed by atoms with Gasteiger partial charge in [-0.05, 0) is 36.1 Å². The molecule has 3 heterocycles. The van der Waals surface area contributed by atoms with E-state index in [0.29, 0.717) is 17.8 Å². The van der Waals surface area contributed by atoms with Crippen LogP contribution < -0.4 is 5.32 Å². The molecule has 0 spiro atoms. The largest absolute Gasteiger partial charge is 0.465 e. The van der Waals surface area contributed by atoms with Crippen LogP contribution in [0.3, 0.4) is 0 Å². The summed E-state index contributed by atoms with van der Waals surface area (Å²) >= 11 is 1.48. The van der Waals surface area contributed by atoms with Crippen molar-refractivity contribution in [3.05, 3.63) is 59.1 Å². The van der Waals surface area contributed by atoms with Crippen molar-refractivity contribution in [3.63, 3.8) is 0 Å². The zero-order chi connectivity index (χ0) is 21.3. The molecule has 1 atom stereocenters. The number of hydrogen-bond donors (Lipinski definition) is 1. The lowest BCUT2D eigenvalue weighted by atomic mass is 10.1. The highest BCUT2D eigenvalue weighted by Gasteiger charge is 2.32. The minimum absolute atomic E-state index is 0.000706. The van der Waals surface area contributed by atoms with Gasteiger partial charge in [-0.15, -0.1) is 11.3 Å². The summed E-state index contributed by atoms with van der Waals surface area (Å²) < 4.78 is 30.3. The van der Waals surface area contributed by atoms with Gasteiger partial charge in [0.2, 0.25) is 0 Å². The third kappa shape index (κ3) is 4.01. The molecule has 0 aliphatic carbocycles. The highest BCUT2D eigenvalue weighted by Crippen LogP contribution is 2.32. The summed E-state index contributed by atoms with van der Waals surface area (Å²) in [5.74, 6) is -0.954. The van der Waals surface area contributed by atoms with Gasteiger partial charge in [0.25, 0.3) is 5.91 Å². The molecule has 8 nitrogen and oxygen atoms in total. The average molecular weight is 446 g/mol. The van der Waals surface area contributed by atoms with Gasteiger partial charge in [-0.1, -0.05) is 18.2 Å². The highest BCUT2D eigenvalue weighted by molar-refractivity contribution is 7.91. The second-order valence-electron chi connectivity index (χ2n) is 6.88. The van der Waals surface area contributed by atoms with E-state index in [1.54, 1.807) is 35.0 Å². The summed E-state index contributed by atoms with van der Waals surface area (Å²) in [5, 5.41) is 9.05. The molecule has 1 aliphatic rings. The van der Waals surface area contributed by atoms with E-state index in [9.17, 15) is 18.0 Å². The lowest BCUT2D eigenvalue weighted by Crippen LogP contribution is -2.18. The van der Waals surface area contributed by atoms with E-state index in [1.807, 2.05) is 17.5 Å². The van der Waals surface area contributed by atoms with Crippen molar-refractivity contribution in [2.75, 3.05) is 23.9 Å². The van der Waals surface area contributed by atoms with Crippen LogP contribution in [0.2, 0.25) is 0 Å². The van der Waals surface area contributed by atoms with Crippen LogP contribution in [0.4, 0.5) is 5.69 Å². The summed E-state index contributed by atoms with van der Waals surface area (Å²) in [6, 6.07) is 11.6. The maximum Gasteiger partial charge on any atom is 0.339 e. The lowest BCUT2D eigenvalue weighted by Gasteiger charge is -2.12. The van der Waals surface area contributed by atoms with E-state index in [0.717, 1.165) is 4.88 Å². The number of anilines is 1. The molecular weight excluding hydrogens is 426 g/mol. The molecule has 1 aliphatic heterocycles. The Morgan fingerprint density at radius 1 is 1.23 bits per heavy atom. The van der Waals surface area contributed by atoms with Gasteiger partial charge in [-0.25, -0.2) is 13.2 Å². The number of rotatable bonds is 5. The summed E-state index contributed by atoms with van der Waals surface area (Å²) in [4.78, 5) is 25.7. The van der Waals surface area contributed by atoms with Crippen LogP contribution in [0.25, 0.3) is 10.6 Å². The van der Waals surface area contributed by atoms with E-state index in [1.165, 1.54) is 18.4 Å². The molecule has 1 unspecified atom stereocenters. The number of carbonyl (C=O) groups is 2. The molecule has 4 rings (SSSR count). The number of amides is 1. The first kappa shape index (κ1) is 20.3. The second-order valence-corrected chi connectivity index (χ2v) is 10.1. The molecule has 1 saturated heterocycles. The number of aromatic nitrogens is 2. The molecular formula is C20H19N3O5S2. The number of ether oxygens (including phenoxy) is 1. The third-order valence-corrected chi connectivity index (χ3v) is 7.52. The second kappa shape index (κ2) is 8.04. The Bertz CT molecular complexity index is 1200. The fourth-order valence-corrected chi connectivity index (χ4v) is 5.85. The first-order chi connectivity index (χ1) is 14.4.